The first-order chi connectivity index (χ1) is 6.87. The van der Waals surface area contributed by atoms with E-state index in [1.807, 2.05) is 30.3 Å². The average molecular weight is 190 g/mol. The van der Waals surface area contributed by atoms with Gasteiger partial charge in [-0.25, -0.2) is 0 Å². The molecule has 1 aromatic carbocycles. The molecule has 0 aromatic heterocycles. The van der Waals surface area contributed by atoms with Crippen LogP contribution < -0.4 is 0 Å². The lowest BCUT2D eigenvalue weighted by Gasteiger charge is -2.32. The molecule has 14 heavy (non-hydrogen) atoms. The molecule has 0 bridgehead atoms. The van der Waals surface area contributed by atoms with Crippen LogP contribution >= 0.6 is 0 Å². The predicted molar refractivity (Wildman–Crippen MR) is 54.0 cm³/mol. The third kappa shape index (κ3) is 1.58. The van der Waals surface area contributed by atoms with Crippen LogP contribution in [0.2, 0.25) is 0 Å². The van der Waals surface area contributed by atoms with Crippen molar-refractivity contribution in [2.45, 2.75) is 24.9 Å². The Morgan fingerprint density at radius 1 is 1.21 bits per heavy atom. The van der Waals surface area contributed by atoms with E-state index in [0.29, 0.717) is 6.61 Å². The molecule has 2 rings (SSSR count). The van der Waals surface area contributed by atoms with Crippen LogP contribution in [0.25, 0.3) is 0 Å². The number of benzene rings is 1. The van der Waals surface area contributed by atoms with Crippen molar-refractivity contribution < 1.29 is 9.53 Å². The maximum atomic E-state index is 11.2. The van der Waals surface area contributed by atoms with Crippen molar-refractivity contribution in [1.29, 1.82) is 0 Å². The van der Waals surface area contributed by atoms with Gasteiger partial charge in [-0.15, -0.1) is 0 Å². The molecule has 1 aromatic rings. The van der Waals surface area contributed by atoms with Gasteiger partial charge in [-0.2, -0.15) is 0 Å². The van der Waals surface area contributed by atoms with Gasteiger partial charge >= 0.3 is 0 Å². The molecule has 2 heteroatoms. The van der Waals surface area contributed by atoms with E-state index in [0.717, 1.165) is 31.1 Å². The summed E-state index contributed by atoms with van der Waals surface area (Å²) in [5, 5.41) is 0. The molecular weight excluding hydrogens is 176 g/mol. The van der Waals surface area contributed by atoms with Crippen LogP contribution in [-0.4, -0.2) is 12.9 Å². The lowest BCUT2D eigenvalue weighted by Crippen LogP contribution is -2.35. The number of rotatable bonds is 2. The minimum atomic E-state index is -0.667. The highest BCUT2D eigenvalue weighted by atomic mass is 16.5. The number of aldehydes is 1. The standard InChI is InChI=1S/C12H14O2/c13-10-12(8-4-5-9-14-12)11-6-2-1-3-7-11/h1-3,6-7,10H,4-5,8-9H2/t12-/m0/s1. The van der Waals surface area contributed by atoms with Crippen molar-refractivity contribution in [2.24, 2.45) is 0 Å². The fraction of sp³-hybridized carbons (Fsp3) is 0.417. The zero-order chi connectivity index (χ0) is 9.86. The van der Waals surface area contributed by atoms with Crippen LogP contribution in [0.4, 0.5) is 0 Å². The Labute approximate surface area is 83.9 Å². The second kappa shape index (κ2) is 3.93. The molecule has 1 fully saturated rings. The van der Waals surface area contributed by atoms with Crippen molar-refractivity contribution in [2.75, 3.05) is 6.61 Å². The van der Waals surface area contributed by atoms with Gasteiger partial charge in [0.05, 0.1) is 0 Å². The van der Waals surface area contributed by atoms with Gasteiger partial charge in [0.15, 0.2) is 6.29 Å². The molecule has 1 heterocycles. The first kappa shape index (κ1) is 9.41. The summed E-state index contributed by atoms with van der Waals surface area (Å²) in [7, 11) is 0. The molecule has 1 saturated heterocycles. The zero-order valence-electron chi connectivity index (χ0n) is 8.11. The van der Waals surface area contributed by atoms with Crippen molar-refractivity contribution in [3.8, 4) is 0 Å². The minimum Gasteiger partial charge on any atom is -0.363 e. The van der Waals surface area contributed by atoms with Crippen molar-refractivity contribution in [3.63, 3.8) is 0 Å². The smallest absolute Gasteiger partial charge is 0.156 e. The summed E-state index contributed by atoms with van der Waals surface area (Å²) in [6, 6.07) is 9.75. The third-order valence-corrected chi connectivity index (χ3v) is 2.75. The molecular formula is C12H14O2. The van der Waals surface area contributed by atoms with Crippen LogP contribution in [0, 0.1) is 0 Å². The highest BCUT2D eigenvalue weighted by Crippen LogP contribution is 2.32. The summed E-state index contributed by atoms with van der Waals surface area (Å²) in [6.45, 7) is 0.688. The van der Waals surface area contributed by atoms with E-state index in [1.165, 1.54) is 0 Å². The molecule has 2 nitrogen and oxygen atoms in total. The van der Waals surface area contributed by atoms with Gasteiger partial charge in [-0.1, -0.05) is 30.3 Å². The fourth-order valence-corrected chi connectivity index (χ4v) is 1.93. The molecule has 0 unspecified atom stereocenters. The lowest BCUT2D eigenvalue weighted by atomic mass is 9.88. The quantitative estimate of drug-likeness (QED) is 0.669. The highest BCUT2D eigenvalue weighted by Gasteiger charge is 2.34. The van der Waals surface area contributed by atoms with Gasteiger partial charge in [0.2, 0.25) is 0 Å². The second-order valence-corrected chi connectivity index (χ2v) is 3.68. The molecule has 1 aliphatic rings. The minimum absolute atomic E-state index is 0.667. The number of hydrogen-bond acceptors (Lipinski definition) is 2. The van der Waals surface area contributed by atoms with E-state index in [1.54, 1.807) is 0 Å². The Balaban J connectivity index is 2.32. The Morgan fingerprint density at radius 2 is 2.00 bits per heavy atom. The number of carbonyl (C=O) groups excluding carboxylic acids is 1. The summed E-state index contributed by atoms with van der Waals surface area (Å²) >= 11 is 0. The Kier molecular flexibility index (Phi) is 2.64. The number of hydrogen-bond donors (Lipinski definition) is 0. The van der Waals surface area contributed by atoms with E-state index in [2.05, 4.69) is 0 Å². The first-order valence-corrected chi connectivity index (χ1v) is 5.03. The van der Waals surface area contributed by atoms with E-state index in [4.69, 9.17) is 4.74 Å². The maximum Gasteiger partial charge on any atom is 0.156 e. The number of ether oxygens (including phenoxy) is 1. The zero-order valence-corrected chi connectivity index (χ0v) is 8.11. The first-order valence-electron chi connectivity index (χ1n) is 5.03. The van der Waals surface area contributed by atoms with Gasteiger partial charge in [0.25, 0.3) is 0 Å². The molecule has 0 amide bonds. The van der Waals surface area contributed by atoms with E-state index >= 15 is 0 Å². The van der Waals surface area contributed by atoms with Crippen molar-refractivity contribution >= 4 is 6.29 Å². The Bertz CT molecular complexity index is 299. The van der Waals surface area contributed by atoms with Gasteiger partial charge in [-0.05, 0) is 24.8 Å². The van der Waals surface area contributed by atoms with E-state index < -0.39 is 5.60 Å². The van der Waals surface area contributed by atoms with Gasteiger partial charge in [0, 0.05) is 6.61 Å². The lowest BCUT2D eigenvalue weighted by molar-refractivity contribution is -0.139. The highest BCUT2D eigenvalue weighted by molar-refractivity contribution is 5.66. The van der Waals surface area contributed by atoms with Crippen LogP contribution in [0.5, 0.6) is 0 Å². The summed E-state index contributed by atoms with van der Waals surface area (Å²) in [4.78, 5) is 11.2. The maximum absolute atomic E-state index is 11.2. The summed E-state index contributed by atoms with van der Waals surface area (Å²) < 4.78 is 5.63. The molecule has 0 saturated carbocycles. The van der Waals surface area contributed by atoms with Crippen LogP contribution in [0.3, 0.4) is 0 Å². The van der Waals surface area contributed by atoms with E-state index in [-0.39, 0.29) is 0 Å². The van der Waals surface area contributed by atoms with E-state index in [9.17, 15) is 4.79 Å². The van der Waals surface area contributed by atoms with Gasteiger partial charge < -0.3 is 4.74 Å². The molecule has 74 valence electrons. The largest absolute Gasteiger partial charge is 0.363 e. The SMILES string of the molecule is O=C[C@]1(c2ccccc2)CCCCO1. The average Bonchev–Trinajstić information content (AvgIpc) is 2.31. The molecule has 0 radical (unpaired) electrons. The monoisotopic (exact) mass is 190 g/mol. The summed E-state index contributed by atoms with van der Waals surface area (Å²) in [5.74, 6) is 0. The summed E-state index contributed by atoms with van der Waals surface area (Å²) in [6.07, 6.45) is 3.87. The summed E-state index contributed by atoms with van der Waals surface area (Å²) in [5.41, 5.74) is 0.314. The number of carbonyl (C=O) groups is 1. The van der Waals surface area contributed by atoms with Crippen molar-refractivity contribution in [1.82, 2.24) is 0 Å². The third-order valence-electron chi connectivity index (χ3n) is 2.75. The molecule has 0 aliphatic carbocycles. The van der Waals surface area contributed by atoms with Crippen LogP contribution in [0.1, 0.15) is 24.8 Å². The van der Waals surface area contributed by atoms with Crippen molar-refractivity contribution in [3.05, 3.63) is 35.9 Å². The fourth-order valence-electron chi connectivity index (χ4n) is 1.93. The molecule has 1 atom stereocenters. The Hall–Kier alpha value is -1.15. The molecule has 0 spiro atoms. The topological polar surface area (TPSA) is 26.3 Å². The normalized spacial score (nSPS) is 27.1. The molecule has 1 aliphatic heterocycles. The van der Waals surface area contributed by atoms with Crippen LogP contribution in [-0.2, 0) is 15.1 Å². The van der Waals surface area contributed by atoms with Gasteiger partial charge in [0.1, 0.15) is 5.60 Å². The second-order valence-electron chi connectivity index (χ2n) is 3.68. The Morgan fingerprint density at radius 3 is 2.57 bits per heavy atom. The van der Waals surface area contributed by atoms with Crippen LogP contribution in [0.15, 0.2) is 30.3 Å². The molecule has 0 N–H and O–H groups in total. The predicted octanol–water partition coefficient (Wildman–Crippen LogP) is 2.28. The van der Waals surface area contributed by atoms with Gasteiger partial charge in [-0.3, -0.25) is 4.79 Å².